The van der Waals surface area contributed by atoms with Gasteiger partial charge in [-0.2, -0.15) is 0 Å². The Kier molecular flexibility index (Phi) is 8.01. The molecule has 3 nitrogen and oxygen atoms in total. The first-order valence-corrected chi connectivity index (χ1v) is 15.3. The number of fused-ring (bicyclic) bond motifs is 1. The number of hydrogen-bond acceptors (Lipinski definition) is 3. The fraction of sp³-hybridized carbons (Fsp3) is 0.586. The van der Waals surface area contributed by atoms with Crippen LogP contribution in [0.25, 0.3) is 0 Å². The summed E-state index contributed by atoms with van der Waals surface area (Å²) in [6, 6.07) is 9.45. The van der Waals surface area contributed by atoms with Crippen molar-refractivity contribution in [2.24, 2.45) is 17.8 Å². The molecule has 2 aliphatic carbocycles. The van der Waals surface area contributed by atoms with Crippen LogP contribution in [0.2, 0.25) is 18.1 Å². The summed E-state index contributed by atoms with van der Waals surface area (Å²) in [5.41, 5.74) is 3.62. The van der Waals surface area contributed by atoms with Crippen molar-refractivity contribution in [1.82, 2.24) is 0 Å². The molecule has 1 aromatic carbocycles. The molecule has 0 saturated carbocycles. The first kappa shape index (κ1) is 25.8. The van der Waals surface area contributed by atoms with Crippen molar-refractivity contribution in [3.63, 3.8) is 0 Å². The van der Waals surface area contributed by atoms with Gasteiger partial charge in [0.15, 0.2) is 0 Å². The van der Waals surface area contributed by atoms with Gasteiger partial charge < -0.3 is 14.3 Å². The molecule has 0 fully saturated rings. The smallest absolute Gasteiger partial charge is 0.250 e. The van der Waals surface area contributed by atoms with E-state index < -0.39 is 13.9 Å². The van der Waals surface area contributed by atoms with Crippen LogP contribution in [-0.4, -0.2) is 20.5 Å². The molecule has 182 valence electrons. The number of aryl methyl sites for hydroxylation is 1. The quantitative estimate of drug-likeness (QED) is 0.301. The number of ether oxygens (including phenoxy) is 1. The SMILES string of the molecule is C=C[C@]1(O)c2ccc(OC)cc2CC[C@H]1[C@@H]1C[C@@H](C(=C)C)CC(O[Si](CC)(CC)CC)=C1C. The van der Waals surface area contributed by atoms with Gasteiger partial charge >= 0.3 is 0 Å². The van der Waals surface area contributed by atoms with Crippen molar-refractivity contribution in [2.45, 2.75) is 84.0 Å². The Bertz CT molecular complexity index is 905. The fourth-order valence-electron chi connectivity index (χ4n) is 6.14. The largest absolute Gasteiger partial charge is 0.547 e. The van der Waals surface area contributed by atoms with Gasteiger partial charge in [0.05, 0.1) is 12.9 Å². The average molecular weight is 469 g/mol. The van der Waals surface area contributed by atoms with Gasteiger partial charge in [0.1, 0.15) is 11.4 Å². The Morgan fingerprint density at radius 1 is 1.24 bits per heavy atom. The number of benzene rings is 1. The maximum absolute atomic E-state index is 12.1. The number of hydrogen-bond donors (Lipinski definition) is 1. The molecule has 0 saturated heterocycles. The number of allylic oxidation sites excluding steroid dienone is 3. The summed E-state index contributed by atoms with van der Waals surface area (Å²) in [7, 11) is -0.0971. The lowest BCUT2D eigenvalue weighted by Gasteiger charge is -2.47. The van der Waals surface area contributed by atoms with Crippen molar-refractivity contribution in [3.8, 4) is 5.75 Å². The summed E-state index contributed by atoms with van der Waals surface area (Å²) in [5.74, 6) is 2.72. The molecule has 0 aliphatic heterocycles. The number of aliphatic hydroxyl groups is 1. The molecule has 0 bridgehead atoms. The first-order valence-electron chi connectivity index (χ1n) is 12.8. The minimum absolute atomic E-state index is 0.0672. The Morgan fingerprint density at radius 2 is 1.91 bits per heavy atom. The monoisotopic (exact) mass is 468 g/mol. The highest BCUT2D eigenvalue weighted by molar-refractivity contribution is 6.73. The number of methoxy groups -OCH3 is 1. The normalized spacial score (nSPS) is 27.7. The molecule has 0 amide bonds. The molecule has 0 radical (unpaired) electrons. The van der Waals surface area contributed by atoms with E-state index in [2.05, 4.69) is 53.8 Å². The third-order valence-corrected chi connectivity index (χ3v) is 13.3. The molecule has 0 aromatic heterocycles. The second kappa shape index (κ2) is 10.2. The van der Waals surface area contributed by atoms with Crippen LogP contribution in [-0.2, 0) is 16.4 Å². The van der Waals surface area contributed by atoms with Crippen LogP contribution >= 0.6 is 0 Å². The highest BCUT2D eigenvalue weighted by Crippen LogP contribution is 2.52. The van der Waals surface area contributed by atoms with E-state index in [1.165, 1.54) is 16.9 Å². The molecule has 33 heavy (non-hydrogen) atoms. The van der Waals surface area contributed by atoms with Crippen molar-refractivity contribution in [1.29, 1.82) is 0 Å². The predicted octanol–water partition coefficient (Wildman–Crippen LogP) is 7.53. The van der Waals surface area contributed by atoms with Gasteiger partial charge in [-0.25, -0.2) is 0 Å². The van der Waals surface area contributed by atoms with Crippen molar-refractivity contribution >= 4 is 8.32 Å². The molecule has 0 unspecified atom stereocenters. The molecular weight excluding hydrogens is 424 g/mol. The van der Waals surface area contributed by atoms with E-state index in [-0.39, 0.29) is 11.8 Å². The van der Waals surface area contributed by atoms with Crippen molar-refractivity contribution < 1.29 is 14.3 Å². The van der Waals surface area contributed by atoms with Gasteiger partial charge in [-0.05, 0) is 91.9 Å². The van der Waals surface area contributed by atoms with Crippen LogP contribution < -0.4 is 4.74 Å². The molecule has 4 atom stereocenters. The lowest BCUT2D eigenvalue weighted by atomic mass is 9.61. The molecule has 1 N–H and O–H groups in total. The van der Waals surface area contributed by atoms with E-state index in [0.717, 1.165) is 60.7 Å². The van der Waals surface area contributed by atoms with Crippen LogP contribution in [0.15, 0.2) is 54.3 Å². The van der Waals surface area contributed by atoms with Gasteiger partial charge in [0.25, 0.3) is 0 Å². The van der Waals surface area contributed by atoms with E-state index in [0.29, 0.717) is 5.92 Å². The summed E-state index contributed by atoms with van der Waals surface area (Å²) in [4.78, 5) is 0. The lowest BCUT2D eigenvalue weighted by Crippen LogP contribution is -2.44. The average Bonchev–Trinajstić information content (AvgIpc) is 2.83. The first-order chi connectivity index (χ1) is 15.7. The zero-order chi connectivity index (χ0) is 24.4. The predicted molar refractivity (Wildman–Crippen MR) is 141 cm³/mol. The van der Waals surface area contributed by atoms with Crippen LogP contribution in [0.1, 0.15) is 65.0 Å². The minimum Gasteiger partial charge on any atom is -0.547 e. The zero-order valence-corrected chi connectivity index (χ0v) is 22.7. The van der Waals surface area contributed by atoms with Gasteiger partial charge in [0.2, 0.25) is 8.32 Å². The highest BCUT2D eigenvalue weighted by Gasteiger charge is 2.47. The molecular formula is C29H44O3Si. The molecule has 0 heterocycles. The molecule has 0 spiro atoms. The summed E-state index contributed by atoms with van der Waals surface area (Å²) < 4.78 is 12.4. The Hall–Kier alpha value is -1.78. The van der Waals surface area contributed by atoms with Crippen LogP contribution in [0.5, 0.6) is 5.75 Å². The van der Waals surface area contributed by atoms with Crippen molar-refractivity contribution in [3.05, 3.63) is 65.5 Å². The lowest BCUT2D eigenvalue weighted by molar-refractivity contribution is -0.0163. The maximum atomic E-state index is 12.1. The van der Waals surface area contributed by atoms with E-state index in [1.807, 2.05) is 12.1 Å². The summed E-state index contributed by atoms with van der Waals surface area (Å²) in [6.45, 7) is 19.7. The topological polar surface area (TPSA) is 38.7 Å². The van der Waals surface area contributed by atoms with Gasteiger partial charge in [-0.15, -0.1) is 0 Å². The molecule has 3 rings (SSSR count). The summed E-state index contributed by atoms with van der Waals surface area (Å²) >= 11 is 0. The van der Waals surface area contributed by atoms with Crippen molar-refractivity contribution in [2.75, 3.05) is 7.11 Å². The molecule has 4 heteroatoms. The minimum atomic E-state index is -1.79. The fourth-order valence-corrected chi connectivity index (χ4v) is 8.84. The van der Waals surface area contributed by atoms with E-state index >= 15 is 0 Å². The zero-order valence-electron chi connectivity index (χ0n) is 21.7. The van der Waals surface area contributed by atoms with Crippen LogP contribution in [0.3, 0.4) is 0 Å². The van der Waals surface area contributed by atoms with Gasteiger partial charge in [-0.1, -0.05) is 51.6 Å². The molecule has 1 aromatic rings. The van der Waals surface area contributed by atoms with Crippen LogP contribution in [0, 0.1) is 17.8 Å². The van der Waals surface area contributed by atoms with E-state index in [9.17, 15) is 5.11 Å². The second-order valence-corrected chi connectivity index (χ2v) is 14.9. The van der Waals surface area contributed by atoms with Gasteiger partial charge in [0, 0.05) is 12.3 Å². The van der Waals surface area contributed by atoms with E-state index in [1.54, 1.807) is 13.2 Å². The Labute approximate surface area is 202 Å². The Balaban J connectivity index is 2.06. The number of rotatable bonds is 9. The summed E-state index contributed by atoms with van der Waals surface area (Å²) in [5, 5.41) is 12.1. The van der Waals surface area contributed by atoms with E-state index in [4.69, 9.17) is 9.16 Å². The van der Waals surface area contributed by atoms with Crippen LogP contribution in [0.4, 0.5) is 0 Å². The standard InChI is InChI=1S/C29H44O3Si/c1-9-29(30)26-16-14-24(31-8)17-22(26)13-15-27(29)25-18-23(20(5)6)19-28(21(25)7)32-33(10-2,11-3)12-4/h9,14,16-17,23,25,27,30H,1,5,10-13,15,18-19H2,2-4,6-8H3/t23-,25-,27+,29+/m1/s1. The summed E-state index contributed by atoms with van der Waals surface area (Å²) in [6.07, 6.45) is 5.57. The third-order valence-electron chi connectivity index (χ3n) is 8.77. The second-order valence-electron chi connectivity index (χ2n) is 10.2. The maximum Gasteiger partial charge on any atom is 0.250 e. The highest BCUT2D eigenvalue weighted by atomic mass is 28.4. The Morgan fingerprint density at radius 3 is 2.45 bits per heavy atom. The van der Waals surface area contributed by atoms with Gasteiger partial charge in [-0.3, -0.25) is 0 Å². The third kappa shape index (κ3) is 4.74. The molecule has 2 aliphatic rings.